The lowest BCUT2D eigenvalue weighted by Gasteiger charge is -2.22. The van der Waals surface area contributed by atoms with E-state index in [-0.39, 0.29) is 6.61 Å². The number of aliphatic hydroxyl groups is 1. The van der Waals surface area contributed by atoms with Crippen molar-refractivity contribution in [2.75, 3.05) is 30.3 Å². The van der Waals surface area contributed by atoms with Gasteiger partial charge >= 0.3 is 0 Å². The Labute approximate surface area is 85.2 Å². The molecule has 3 N–H and O–H groups in total. The molecule has 3 nitrogen and oxygen atoms in total. The minimum Gasteiger partial charge on any atom is -0.399 e. The predicted molar refractivity (Wildman–Crippen MR) is 60.4 cm³/mol. The van der Waals surface area contributed by atoms with Crippen molar-refractivity contribution in [3.05, 3.63) is 24.3 Å². The Morgan fingerprint density at radius 3 is 2.43 bits per heavy atom. The molecule has 14 heavy (non-hydrogen) atoms. The normalized spacial score (nSPS) is 10.1. The Kier molecular flexibility index (Phi) is 4.26. The fourth-order valence-corrected chi connectivity index (χ4v) is 1.42. The predicted octanol–water partition coefficient (Wildman–Crippen LogP) is 1.48. The summed E-state index contributed by atoms with van der Waals surface area (Å²) in [7, 11) is 0. The summed E-state index contributed by atoms with van der Waals surface area (Å²) in [5.74, 6) is 0. The van der Waals surface area contributed by atoms with Gasteiger partial charge in [0.15, 0.2) is 0 Å². The topological polar surface area (TPSA) is 49.5 Å². The molecule has 0 amide bonds. The molecule has 1 aromatic carbocycles. The molecule has 0 spiro atoms. The van der Waals surface area contributed by atoms with Gasteiger partial charge in [0.2, 0.25) is 0 Å². The zero-order valence-corrected chi connectivity index (χ0v) is 8.61. The van der Waals surface area contributed by atoms with E-state index in [9.17, 15) is 0 Å². The van der Waals surface area contributed by atoms with Crippen LogP contribution in [0.4, 0.5) is 11.4 Å². The van der Waals surface area contributed by atoms with Crippen molar-refractivity contribution in [3.8, 4) is 0 Å². The first-order valence-electron chi connectivity index (χ1n) is 4.99. The highest BCUT2D eigenvalue weighted by Gasteiger charge is 2.02. The van der Waals surface area contributed by atoms with Gasteiger partial charge in [-0.15, -0.1) is 0 Å². The molecule has 1 rings (SSSR count). The molecular formula is C11H18N2O. The van der Waals surface area contributed by atoms with Crippen LogP contribution in [0.2, 0.25) is 0 Å². The summed E-state index contributed by atoms with van der Waals surface area (Å²) in [6, 6.07) is 7.82. The Balaban J connectivity index is 2.64. The SMILES string of the molecule is CCN(CCCO)c1ccc(N)cc1. The van der Waals surface area contributed by atoms with Crippen LogP contribution < -0.4 is 10.6 Å². The lowest BCUT2D eigenvalue weighted by atomic mass is 10.2. The summed E-state index contributed by atoms with van der Waals surface area (Å²) in [4.78, 5) is 2.22. The van der Waals surface area contributed by atoms with E-state index in [4.69, 9.17) is 10.8 Å². The molecule has 0 aromatic heterocycles. The van der Waals surface area contributed by atoms with Crippen LogP contribution in [0.15, 0.2) is 24.3 Å². The third-order valence-corrected chi connectivity index (χ3v) is 2.23. The summed E-state index contributed by atoms with van der Waals surface area (Å²) < 4.78 is 0. The van der Waals surface area contributed by atoms with E-state index in [0.29, 0.717) is 0 Å². The number of aliphatic hydroxyl groups excluding tert-OH is 1. The van der Waals surface area contributed by atoms with Crippen molar-refractivity contribution in [2.24, 2.45) is 0 Å². The third kappa shape index (κ3) is 2.92. The molecule has 78 valence electrons. The van der Waals surface area contributed by atoms with Gasteiger partial charge in [-0.2, -0.15) is 0 Å². The summed E-state index contributed by atoms with van der Waals surface area (Å²) in [6.45, 7) is 4.18. The van der Waals surface area contributed by atoms with Crippen molar-refractivity contribution >= 4 is 11.4 Å². The highest BCUT2D eigenvalue weighted by atomic mass is 16.3. The molecule has 0 radical (unpaired) electrons. The van der Waals surface area contributed by atoms with E-state index in [1.807, 2.05) is 24.3 Å². The molecule has 0 aliphatic heterocycles. The lowest BCUT2D eigenvalue weighted by molar-refractivity contribution is 0.289. The third-order valence-electron chi connectivity index (χ3n) is 2.23. The Morgan fingerprint density at radius 1 is 1.29 bits per heavy atom. The van der Waals surface area contributed by atoms with Gasteiger partial charge in [-0.25, -0.2) is 0 Å². The van der Waals surface area contributed by atoms with Crippen molar-refractivity contribution in [1.29, 1.82) is 0 Å². The largest absolute Gasteiger partial charge is 0.399 e. The van der Waals surface area contributed by atoms with Crippen LogP contribution in [0.1, 0.15) is 13.3 Å². The standard InChI is InChI=1S/C11H18N2O/c1-2-13(8-3-9-14)11-6-4-10(12)5-7-11/h4-7,14H,2-3,8-9,12H2,1H3. The van der Waals surface area contributed by atoms with E-state index >= 15 is 0 Å². The first-order chi connectivity index (χ1) is 6.77. The van der Waals surface area contributed by atoms with E-state index < -0.39 is 0 Å². The highest BCUT2D eigenvalue weighted by molar-refractivity contribution is 5.52. The summed E-state index contributed by atoms with van der Waals surface area (Å²) in [6.07, 6.45) is 0.804. The van der Waals surface area contributed by atoms with Crippen LogP contribution in [-0.4, -0.2) is 24.8 Å². The first kappa shape index (κ1) is 10.9. The quantitative estimate of drug-likeness (QED) is 0.698. The fraction of sp³-hybridized carbons (Fsp3) is 0.455. The van der Waals surface area contributed by atoms with Gasteiger partial charge in [0.1, 0.15) is 0 Å². The van der Waals surface area contributed by atoms with E-state index in [0.717, 1.165) is 30.9 Å². The number of rotatable bonds is 5. The fourth-order valence-electron chi connectivity index (χ4n) is 1.42. The summed E-state index contributed by atoms with van der Waals surface area (Å²) >= 11 is 0. The smallest absolute Gasteiger partial charge is 0.0447 e. The second-order valence-corrected chi connectivity index (χ2v) is 3.25. The van der Waals surface area contributed by atoms with Gasteiger partial charge in [0.05, 0.1) is 0 Å². The number of nitrogen functional groups attached to an aromatic ring is 1. The van der Waals surface area contributed by atoms with Crippen molar-refractivity contribution in [3.63, 3.8) is 0 Å². The molecule has 0 saturated heterocycles. The van der Waals surface area contributed by atoms with E-state index in [2.05, 4.69) is 11.8 Å². The molecule has 0 saturated carbocycles. The number of hydrogen-bond acceptors (Lipinski definition) is 3. The lowest BCUT2D eigenvalue weighted by Crippen LogP contribution is -2.24. The van der Waals surface area contributed by atoms with Crippen LogP contribution in [-0.2, 0) is 0 Å². The molecule has 0 aliphatic rings. The van der Waals surface area contributed by atoms with Crippen LogP contribution >= 0.6 is 0 Å². The molecular weight excluding hydrogens is 176 g/mol. The van der Waals surface area contributed by atoms with Gasteiger partial charge in [0.25, 0.3) is 0 Å². The van der Waals surface area contributed by atoms with E-state index in [1.165, 1.54) is 0 Å². The second-order valence-electron chi connectivity index (χ2n) is 3.25. The van der Waals surface area contributed by atoms with Gasteiger partial charge in [-0.3, -0.25) is 0 Å². The number of benzene rings is 1. The number of nitrogens with zero attached hydrogens (tertiary/aromatic N) is 1. The number of anilines is 2. The molecule has 0 heterocycles. The molecule has 1 aromatic rings. The number of hydrogen-bond donors (Lipinski definition) is 2. The van der Waals surface area contributed by atoms with Crippen molar-refractivity contribution in [2.45, 2.75) is 13.3 Å². The van der Waals surface area contributed by atoms with Crippen LogP contribution in [0.5, 0.6) is 0 Å². The van der Waals surface area contributed by atoms with Crippen molar-refractivity contribution < 1.29 is 5.11 Å². The molecule has 3 heteroatoms. The second kappa shape index (κ2) is 5.50. The van der Waals surface area contributed by atoms with Crippen LogP contribution in [0, 0.1) is 0 Å². The summed E-state index contributed by atoms with van der Waals surface area (Å²) in [5, 5.41) is 8.76. The Morgan fingerprint density at radius 2 is 1.93 bits per heavy atom. The van der Waals surface area contributed by atoms with Crippen LogP contribution in [0.3, 0.4) is 0 Å². The zero-order valence-electron chi connectivity index (χ0n) is 8.61. The van der Waals surface area contributed by atoms with Gasteiger partial charge < -0.3 is 15.7 Å². The van der Waals surface area contributed by atoms with Crippen molar-refractivity contribution in [1.82, 2.24) is 0 Å². The molecule has 0 fully saturated rings. The maximum atomic E-state index is 8.76. The van der Waals surface area contributed by atoms with Gasteiger partial charge in [0, 0.05) is 31.1 Å². The zero-order chi connectivity index (χ0) is 10.4. The Hall–Kier alpha value is -1.22. The molecule has 0 bridgehead atoms. The average molecular weight is 194 g/mol. The Bertz CT molecular complexity index is 258. The highest BCUT2D eigenvalue weighted by Crippen LogP contribution is 2.15. The average Bonchev–Trinajstić information content (AvgIpc) is 2.21. The minimum atomic E-state index is 0.242. The number of nitrogens with two attached hydrogens (primary N) is 1. The maximum Gasteiger partial charge on any atom is 0.0447 e. The summed E-state index contributed by atoms with van der Waals surface area (Å²) in [5.41, 5.74) is 7.56. The van der Waals surface area contributed by atoms with E-state index in [1.54, 1.807) is 0 Å². The molecule has 0 atom stereocenters. The van der Waals surface area contributed by atoms with Crippen LogP contribution in [0.25, 0.3) is 0 Å². The monoisotopic (exact) mass is 194 g/mol. The first-order valence-corrected chi connectivity index (χ1v) is 4.99. The maximum absolute atomic E-state index is 8.76. The minimum absolute atomic E-state index is 0.242. The molecule has 0 aliphatic carbocycles. The van der Waals surface area contributed by atoms with Gasteiger partial charge in [-0.05, 0) is 37.6 Å². The van der Waals surface area contributed by atoms with Gasteiger partial charge in [-0.1, -0.05) is 0 Å². The molecule has 0 unspecified atom stereocenters.